The second-order valence-corrected chi connectivity index (χ2v) is 8.83. The summed E-state index contributed by atoms with van der Waals surface area (Å²) in [6.07, 6.45) is 2.53. The first-order valence-electron chi connectivity index (χ1n) is 10.2. The van der Waals surface area contributed by atoms with Gasteiger partial charge in [-0.3, -0.25) is 4.79 Å². The van der Waals surface area contributed by atoms with Gasteiger partial charge in [0, 0.05) is 22.9 Å². The Bertz CT molecular complexity index is 1130. The maximum absolute atomic E-state index is 12.9. The lowest BCUT2D eigenvalue weighted by Crippen LogP contribution is -2.16. The number of para-hydroxylation sites is 1. The van der Waals surface area contributed by atoms with E-state index in [-0.39, 0.29) is 11.4 Å². The molecule has 1 fully saturated rings. The number of hydrogen-bond donors (Lipinski definition) is 3. The van der Waals surface area contributed by atoms with Crippen LogP contribution in [0.1, 0.15) is 33.8 Å². The Labute approximate surface area is 200 Å². The van der Waals surface area contributed by atoms with Crippen LogP contribution in [0.25, 0.3) is 0 Å². The predicted molar refractivity (Wildman–Crippen MR) is 130 cm³/mol. The summed E-state index contributed by atoms with van der Waals surface area (Å²) >= 11 is 9.61. The summed E-state index contributed by atoms with van der Waals surface area (Å²) in [7, 11) is 1.47. The lowest BCUT2D eigenvalue weighted by Gasteiger charge is -2.17. The number of anilines is 3. The number of amides is 1. The van der Waals surface area contributed by atoms with E-state index in [4.69, 9.17) is 16.3 Å². The monoisotopic (exact) mass is 515 g/mol. The van der Waals surface area contributed by atoms with Gasteiger partial charge >= 0.3 is 0 Å². The van der Waals surface area contributed by atoms with Crippen LogP contribution in [0.2, 0.25) is 5.02 Å². The van der Waals surface area contributed by atoms with Gasteiger partial charge in [0.15, 0.2) is 0 Å². The summed E-state index contributed by atoms with van der Waals surface area (Å²) < 4.78 is 6.06. The number of carbonyl (C=O) groups excluding carboxylic acids is 1. The average Bonchev–Trinajstić information content (AvgIpc) is 3.31. The molecule has 0 aliphatic carbocycles. The van der Waals surface area contributed by atoms with Gasteiger partial charge < -0.3 is 20.7 Å². The van der Waals surface area contributed by atoms with E-state index in [1.807, 2.05) is 6.92 Å². The molecular formula is C23H23BrClN5O2. The highest BCUT2D eigenvalue weighted by atomic mass is 79.9. The first kappa shape index (κ1) is 22.5. The minimum Gasteiger partial charge on any atom is -0.480 e. The largest absolute Gasteiger partial charge is 0.480 e. The van der Waals surface area contributed by atoms with Gasteiger partial charge in [-0.1, -0.05) is 29.8 Å². The molecule has 1 atom stereocenters. The number of benzene rings is 2. The van der Waals surface area contributed by atoms with E-state index in [1.54, 1.807) is 18.2 Å². The van der Waals surface area contributed by atoms with Crippen molar-refractivity contribution in [3.05, 3.63) is 68.8 Å². The summed E-state index contributed by atoms with van der Waals surface area (Å²) in [6, 6.07) is 11.6. The molecule has 1 aromatic heterocycles. The van der Waals surface area contributed by atoms with E-state index in [9.17, 15) is 4.79 Å². The van der Waals surface area contributed by atoms with Crippen LogP contribution in [-0.2, 0) is 0 Å². The molecule has 0 bridgehead atoms. The van der Waals surface area contributed by atoms with Crippen molar-refractivity contribution in [2.45, 2.75) is 19.3 Å². The van der Waals surface area contributed by atoms with Gasteiger partial charge in [-0.05, 0) is 71.1 Å². The van der Waals surface area contributed by atoms with E-state index in [1.165, 1.54) is 18.9 Å². The fourth-order valence-electron chi connectivity index (χ4n) is 3.71. The third-order valence-corrected chi connectivity index (χ3v) is 6.32. The molecule has 32 heavy (non-hydrogen) atoms. The molecule has 2 heterocycles. The standard InChI is InChI=1S/C23H23BrClN5O2/c1-13-6-7-15(14-8-9-26-11-14)19(10-13)28-23-27-12-16(22(30-23)32-2)21(31)29-20-17(24)4-3-5-18(20)25/h3-7,10,12,14,26H,8-9,11H2,1-2H3,(H,29,31)(H,27,28,30)/t14-/m0/s1. The Hall–Kier alpha value is -2.68. The van der Waals surface area contributed by atoms with Gasteiger partial charge in [-0.25, -0.2) is 4.98 Å². The van der Waals surface area contributed by atoms with Crippen LogP contribution in [0.15, 0.2) is 47.1 Å². The van der Waals surface area contributed by atoms with Crippen molar-refractivity contribution < 1.29 is 9.53 Å². The third-order valence-electron chi connectivity index (χ3n) is 5.35. The number of nitrogens with zero attached hydrogens (tertiary/aromatic N) is 2. The molecule has 7 nitrogen and oxygen atoms in total. The first-order chi connectivity index (χ1) is 15.5. The smallest absolute Gasteiger partial charge is 0.262 e. The minimum atomic E-state index is -0.421. The van der Waals surface area contributed by atoms with Crippen LogP contribution >= 0.6 is 27.5 Å². The Kier molecular flexibility index (Phi) is 6.93. The number of halogens is 2. The molecule has 1 aliphatic heterocycles. The predicted octanol–water partition coefficient (Wildman–Crippen LogP) is 5.28. The molecule has 0 radical (unpaired) electrons. The zero-order chi connectivity index (χ0) is 22.7. The lowest BCUT2D eigenvalue weighted by molar-refractivity contribution is 0.102. The van der Waals surface area contributed by atoms with E-state index in [2.05, 4.69) is 60.0 Å². The molecule has 9 heteroatoms. The van der Waals surface area contributed by atoms with E-state index in [0.717, 1.165) is 30.8 Å². The first-order valence-corrected chi connectivity index (χ1v) is 11.4. The van der Waals surface area contributed by atoms with E-state index >= 15 is 0 Å². The molecular weight excluding hydrogens is 494 g/mol. The fourth-order valence-corrected chi connectivity index (χ4v) is 4.51. The van der Waals surface area contributed by atoms with Crippen molar-refractivity contribution in [1.82, 2.24) is 15.3 Å². The van der Waals surface area contributed by atoms with E-state index < -0.39 is 5.91 Å². The Balaban J connectivity index is 1.59. The maximum Gasteiger partial charge on any atom is 0.262 e. The van der Waals surface area contributed by atoms with Gasteiger partial charge in [0.2, 0.25) is 11.8 Å². The number of aromatic nitrogens is 2. The lowest BCUT2D eigenvalue weighted by atomic mass is 9.95. The summed E-state index contributed by atoms with van der Waals surface area (Å²) in [5.41, 5.74) is 3.98. The SMILES string of the molecule is COc1nc(Nc2cc(C)ccc2[C@H]2CCNC2)ncc1C(=O)Nc1c(Cl)cccc1Br. The second-order valence-electron chi connectivity index (χ2n) is 7.57. The van der Waals surface area contributed by atoms with Crippen molar-refractivity contribution in [3.63, 3.8) is 0 Å². The van der Waals surface area contributed by atoms with E-state index in [0.29, 0.717) is 27.0 Å². The third kappa shape index (κ3) is 4.87. The highest BCUT2D eigenvalue weighted by Crippen LogP contribution is 2.33. The molecule has 1 saturated heterocycles. The van der Waals surface area contributed by atoms with Gasteiger partial charge in [-0.2, -0.15) is 4.98 Å². The van der Waals surface area contributed by atoms with Crippen LogP contribution in [-0.4, -0.2) is 36.1 Å². The summed E-state index contributed by atoms with van der Waals surface area (Å²) in [6.45, 7) is 4.00. The van der Waals surface area contributed by atoms with Crippen LogP contribution in [0, 0.1) is 6.92 Å². The van der Waals surface area contributed by atoms with Crippen LogP contribution in [0.3, 0.4) is 0 Å². The number of aryl methyl sites for hydroxylation is 1. The van der Waals surface area contributed by atoms with Gasteiger partial charge in [-0.15, -0.1) is 0 Å². The zero-order valence-electron chi connectivity index (χ0n) is 17.7. The normalized spacial score (nSPS) is 15.4. The molecule has 2 aromatic carbocycles. The van der Waals surface area contributed by atoms with Crippen molar-refractivity contribution >= 4 is 50.8 Å². The number of hydrogen-bond acceptors (Lipinski definition) is 6. The number of rotatable bonds is 6. The number of ether oxygens (including phenoxy) is 1. The van der Waals surface area contributed by atoms with Gasteiger partial charge in [0.05, 0.1) is 17.8 Å². The molecule has 1 amide bonds. The maximum atomic E-state index is 12.9. The second kappa shape index (κ2) is 9.85. The highest BCUT2D eigenvalue weighted by Gasteiger charge is 2.21. The minimum absolute atomic E-state index is 0.167. The molecule has 0 spiro atoms. The molecule has 4 rings (SSSR count). The molecule has 3 aromatic rings. The summed E-state index contributed by atoms with van der Waals surface area (Å²) in [5.74, 6) is 0.532. The molecule has 1 aliphatic rings. The van der Waals surface area contributed by atoms with Crippen molar-refractivity contribution in [3.8, 4) is 5.88 Å². The van der Waals surface area contributed by atoms with Crippen LogP contribution in [0.5, 0.6) is 5.88 Å². The Morgan fingerprint density at radius 1 is 1.31 bits per heavy atom. The van der Waals surface area contributed by atoms with Crippen molar-refractivity contribution in [1.29, 1.82) is 0 Å². The fraction of sp³-hybridized carbons (Fsp3) is 0.261. The van der Waals surface area contributed by atoms with Crippen molar-refractivity contribution in [2.24, 2.45) is 0 Å². The average molecular weight is 517 g/mol. The van der Waals surface area contributed by atoms with Crippen molar-refractivity contribution in [2.75, 3.05) is 30.8 Å². The molecule has 166 valence electrons. The Morgan fingerprint density at radius 3 is 2.88 bits per heavy atom. The number of methoxy groups -OCH3 is 1. The zero-order valence-corrected chi connectivity index (χ0v) is 20.0. The van der Waals surface area contributed by atoms with Crippen LogP contribution in [0.4, 0.5) is 17.3 Å². The highest BCUT2D eigenvalue weighted by molar-refractivity contribution is 9.10. The topological polar surface area (TPSA) is 88.2 Å². The number of carbonyl (C=O) groups is 1. The molecule has 3 N–H and O–H groups in total. The summed E-state index contributed by atoms with van der Waals surface area (Å²) in [5, 5.41) is 9.92. The number of nitrogens with one attached hydrogen (secondary N) is 3. The Morgan fingerprint density at radius 2 is 2.16 bits per heavy atom. The van der Waals surface area contributed by atoms with Gasteiger partial charge in [0.1, 0.15) is 5.56 Å². The van der Waals surface area contributed by atoms with Gasteiger partial charge in [0.25, 0.3) is 5.91 Å². The summed E-state index contributed by atoms with van der Waals surface area (Å²) in [4.78, 5) is 21.7. The molecule has 0 saturated carbocycles. The molecule has 0 unspecified atom stereocenters. The van der Waals surface area contributed by atoms with Crippen LogP contribution < -0.4 is 20.7 Å². The quantitative estimate of drug-likeness (QED) is 0.413.